The van der Waals surface area contributed by atoms with Crippen molar-refractivity contribution in [3.8, 4) is 0 Å². The first-order valence-corrected chi connectivity index (χ1v) is 13.3. The van der Waals surface area contributed by atoms with E-state index in [-0.39, 0.29) is 28.3 Å². The minimum absolute atomic E-state index is 0.217. The maximum atomic E-state index is 13.4. The van der Waals surface area contributed by atoms with Crippen molar-refractivity contribution < 1.29 is 31.2 Å². The maximum absolute atomic E-state index is 13.4. The van der Waals surface area contributed by atoms with Crippen LogP contribution in [0.3, 0.4) is 0 Å². The molecule has 2 aromatic carbocycles. The average Bonchev–Trinajstić information content (AvgIpc) is 2.75. The highest BCUT2D eigenvalue weighted by Gasteiger charge is 2.34. The number of alkyl halides is 3. The first kappa shape index (κ1) is 29.7. The number of anilines is 1. The van der Waals surface area contributed by atoms with Gasteiger partial charge in [-0.2, -0.15) is 13.2 Å². The molecule has 1 atom stereocenters. The van der Waals surface area contributed by atoms with Crippen LogP contribution in [0.1, 0.15) is 31.9 Å². The smallest absolute Gasteiger partial charge is 0.352 e. The lowest BCUT2D eigenvalue weighted by molar-refractivity contribution is -0.139. The second-order valence-electron chi connectivity index (χ2n) is 8.38. The molecule has 0 saturated heterocycles. The van der Waals surface area contributed by atoms with Gasteiger partial charge in [-0.25, -0.2) is 8.42 Å². The van der Waals surface area contributed by atoms with Crippen LogP contribution in [0.4, 0.5) is 18.9 Å². The molecule has 0 aliphatic heterocycles. The van der Waals surface area contributed by atoms with Crippen molar-refractivity contribution in [3.63, 3.8) is 0 Å². The molecule has 0 aromatic heterocycles. The fourth-order valence-corrected chi connectivity index (χ4v) is 4.65. The van der Waals surface area contributed by atoms with E-state index in [0.29, 0.717) is 15.9 Å². The van der Waals surface area contributed by atoms with Gasteiger partial charge in [0.25, 0.3) is 0 Å². The van der Waals surface area contributed by atoms with Gasteiger partial charge in [0.1, 0.15) is 12.6 Å². The molecule has 0 bridgehead atoms. The molecular formula is C23H26Cl2F3N3O4S. The van der Waals surface area contributed by atoms with Crippen LogP contribution in [-0.2, 0) is 32.3 Å². The summed E-state index contributed by atoms with van der Waals surface area (Å²) in [6, 6.07) is 6.94. The second kappa shape index (κ2) is 11.7. The average molecular weight is 568 g/mol. The van der Waals surface area contributed by atoms with Crippen LogP contribution in [0.15, 0.2) is 42.5 Å². The number of nitrogens with zero attached hydrogens (tertiary/aromatic N) is 2. The molecule has 1 N–H and O–H groups in total. The molecule has 0 aliphatic rings. The van der Waals surface area contributed by atoms with Gasteiger partial charge in [-0.1, -0.05) is 35.3 Å². The van der Waals surface area contributed by atoms with Gasteiger partial charge >= 0.3 is 6.18 Å². The Morgan fingerprint density at radius 1 is 1.03 bits per heavy atom. The largest absolute Gasteiger partial charge is 0.416 e. The van der Waals surface area contributed by atoms with Crippen LogP contribution in [0, 0.1) is 0 Å². The summed E-state index contributed by atoms with van der Waals surface area (Å²) < 4.78 is 65.3. The summed E-state index contributed by atoms with van der Waals surface area (Å²) in [5, 5.41) is 3.11. The molecule has 0 radical (unpaired) electrons. The van der Waals surface area contributed by atoms with Crippen molar-refractivity contribution in [1.29, 1.82) is 0 Å². The van der Waals surface area contributed by atoms with Crippen LogP contribution in [-0.4, -0.2) is 50.0 Å². The summed E-state index contributed by atoms with van der Waals surface area (Å²) >= 11 is 12.5. The molecule has 1 unspecified atom stereocenters. The van der Waals surface area contributed by atoms with Crippen molar-refractivity contribution >= 4 is 50.7 Å². The molecule has 2 amide bonds. The van der Waals surface area contributed by atoms with E-state index in [1.54, 1.807) is 19.9 Å². The number of nitrogens with one attached hydrogen (secondary N) is 1. The monoisotopic (exact) mass is 567 g/mol. The van der Waals surface area contributed by atoms with Crippen molar-refractivity contribution in [2.24, 2.45) is 0 Å². The highest BCUT2D eigenvalue weighted by Crippen LogP contribution is 2.32. The molecule has 0 heterocycles. The maximum Gasteiger partial charge on any atom is 0.416 e. The van der Waals surface area contributed by atoms with Crippen LogP contribution in [0.5, 0.6) is 0 Å². The highest BCUT2D eigenvalue weighted by atomic mass is 35.5. The zero-order chi connectivity index (χ0) is 27.4. The summed E-state index contributed by atoms with van der Waals surface area (Å²) in [6.45, 7) is 3.78. The van der Waals surface area contributed by atoms with Gasteiger partial charge in [-0.15, -0.1) is 0 Å². The minimum Gasteiger partial charge on any atom is -0.352 e. The first-order chi connectivity index (χ1) is 16.5. The van der Waals surface area contributed by atoms with Crippen molar-refractivity contribution in [3.05, 3.63) is 63.6 Å². The summed E-state index contributed by atoms with van der Waals surface area (Å²) in [4.78, 5) is 27.3. The Balaban J connectivity index is 2.50. The fourth-order valence-electron chi connectivity index (χ4n) is 3.29. The molecule has 0 fully saturated rings. The fraction of sp³-hybridized carbons (Fsp3) is 0.391. The number of amides is 2. The van der Waals surface area contributed by atoms with Gasteiger partial charge in [0.2, 0.25) is 21.8 Å². The number of hydrogen-bond donors (Lipinski definition) is 1. The van der Waals surface area contributed by atoms with Gasteiger partial charge in [0, 0.05) is 28.2 Å². The van der Waals surface area contributed by atoms with Gasteiger partial charge in [-0.3, -0.25) is 13.9 Å². The third kappa shape index (κ3) is 7.75. The zero-order valence-corrected chi connectivity index (χ0v) is 22.3. The number of rotatable bonds is 9. The third-order valence-corrected chi connectivity index (χ3v) is 6.98. The minimum atomic E-state index is -4.72. The van der Waals surface area contributed by atoms with E-state index >= 15 is 0 Å². The molecule has 2 aromatic rings. The van der Waals surface area contributed by atoms with Gasteiger partial charge < -0.3 is 10.2 Å². The Bertz CT molecular complexity index is 1200. The van der Waals surface area contributed by atoms with E-state index in [2.05, 4.69) is 5.32 Å². The van der Waals surface area contributed by atoms with Crippen molar-refractivity contribution in [1.82, 2.24) is 10.2 Å². The summed E-state index contributed by atoms with van der Waals surface area (Å²) in [5.41, 5.74) is -1.11. The molecule has 13 heteroatoms. The SMILES string of the molecule is CC(C)NC(=O)C(C)N(Cc1c(Cl)cccc1Cl)C(=O)CN(c1cccc(C(F)(F)F)c1)S(C)(=O)=O. The second-order valence-corrected chi connectivity index (χ2v) is 11.1. The molecule has 7 nitrogen and oxygen atoms in total. The van der Waals surface area contributed by atoms with Gasteiger partial charge in [-0.05, 0) is 51.1 Å². The van der Waals surface area contributed by atoms with E-state index in [0.717, 1.165) is 29.4 Å². The van der Waals surface area contributed by atoms with E-state index in [1.165, 1.54) is 19.1 Å². The van der Waals surface area contributed by atoms with E-state index in [4.69, 9.17) is 23.2 Å². The Hall–Kier alpha value is -2.50. The molecule has 36 heavy (non-hydrogen) atoms. The highest BCUT2D eigenvalue weighted by molar-refractivity contribution is 7.92. The standard InChI is InChI=1S/C23H26Cl2F3N3O4S/c1-14(2)29-22(33)15(3)30(12-18-19(24)9-6-10-20(18)25)21(32)13-31(36(4,34)35)17-8-5-7-16(11-17)23(26,27)28/h5-11,14-15H,12-13H2,1-4H3,(H,29,33). The Morgan fingerprint density at radius 2 is 1.58 bits per heavy atom. The normalized spacial score (nSPS) is 12.8. The van der Waals surface area contributed by atoms with E-state index in [9.17, 15) is 31.2 Å². The van der Waals surface area contributed by atoms with Crippen LogP contribution in [0.25, 0.3) is 0 Å². The number of carbonyl (C=O) groups excluding carboxylic acids is 2. The molecular weight excluding hydrogens is 542 g/mol. The van der Waals surface area contributed by atoms with Crippen molar-refractivity contribution in [2.45, 2.75) is 45.6 Å². The number of halogens is 5. The number of hydrogen-bond acceptors (Lipinski definition) is 4. The van der Waals surface area contributed by atoms with Gasteiger partial charge in [0.05, 0.1) is 17.5 Å². The van der Waals surface area contributed by atoms with E-state index < -0.39 is 46.2 Å². The Morgan fingerprint density at radius 3 is 2.08 bits per heavy atom. The Kier molecular flexibility index (Phi) is 9.66. The number of benzene rings is 2. The molecule has 0 spiro atoms. The summed E-state index contributed by atoms with van der Waals surface area (Å²) in [7, 11) is -4.20. The molecule has 0 saturated carbocycles. The molecule has 2 rings (SSSR count). The predicted octanol–water partition coefficient (Wildman–Crippen LogP) is 4.72. The van der Waals surface area contributed by atoms with E-state index in [1.807, 2.05) is 0 Å². The summed E-state index contributed by atoms with van der Waals surface area (Å²) in [6.07, 6.45) is -3.95. The third-order valence-electron chi connectivity index (χ3n) is 5.13. The first-order valence-electron chi connectivity index (χ1n) is 10.7. The molecule has 0 aliphatic carbocycles. The predicted molar refractivity (Wildman–Crippen MR) is 133 cm³/mol. The quantitative estimate of drug-likeness (QED) is 0.475. The lowest BCUT2D eigenvalue weighted by atomic mass is 10.1. The number of sulfonamides is 1. The lowest BCUT2D eigenvalue weighted by Gasteiger charge is -2.32. The topological polar surface area (TPSA) is 86.8 Å². The van der Waals surface area contributed by atoms with Crippen molar-refractivity contribution in [2.75, 3.05) is 17.1 Å². The van der Waals surface area contributed by atoms with Crippen LogP contribution >= 0.6 is 23.2 Å². The summed E-state index contributed by atoms with van der Waals surface area (Å²) in [5.74, 6) is -1.37. The van der Waals surface area contributed by atoms with Gasteiger partial charge in [0.15, 0.2) is 0 Å². The number of carbonyl (C=O) groups is 2. The Labute approximate surface area is 218 Å². The van der Waals surface area contributed by atoms with Crippen LogP contribution < -0.4 is 9.62 Å². The zero-order valence-electron chi connectivity index (χ0n) is 19.9. The van der Waals surface area contributed by atoms with Crippen LogP contribution in [0.2, 0.25) is 10.0 Å². The molecule has 198 valence electrons. The lowest BCUT2D eigenvalue weighted by Crippen LogP contribution is -2.52.